The van der Waals surface area contributed by atoms with Crippen molar-refractivity contribution in [2.24, 2.45) is 5.73 Å². The van der Waals surface area contributed by atoms with E-state index in [9.17, 15) is 4.79 Å². The summed E-state index contributed by atoms with van der Waals surface area (Å²) in [5.41, 5.74) is 7.46. The van der Waals surface area contributed by atoms with E-state index in [4.69, 9.17) is 10.8 Å². The lowest BCUT2D eigenvalue weighted by Crippen LogP contribution is -2.21. The second kappa shape index (κ2) is 6.81. The van der Waals surface area contributed by atoms with Crippen LogP contribution in [-0.2, 0) is 11.3 Å². The summed E-state index contributed by atoms with van der Waals surface area (Å²) < 4.78 is 0. The van der Waals surface area contributed by atoms with Crippen molar-refractivity contribution in [3.05, 3.63) is 47.2 Å². The highest BCUT2D eigenvalue weighted by Gasteiger charge is 2.11. The lowest BCUT2D eigenvalue weighted by Gasteiger charge is -2.17. The third kappa shape index (κ3) is 4.59. The topological polar surface area (TPSA) is 66.6 Å². The van der Waals surface area contributed by atoms with Crippen LogP contribution in [0.2, 0.25) is 0 Å². The highest BCUT2D eigenvalue weighted by molar-refractivity contribution is 5.87. The average Bonchev–Trinajstić information content (AvgIpc) is 2.29. The van der Waals surface area contributed by atoms with Gasteiger partial charge in [0, 0.05) is 18.8 Å². The Hall–Kier alpha value is -1.81. The minimum atomic E-state index is -0.928. The van der Waals surface area contributed by atoms with Crippen LogP contribution >= 0.6 is 0 Å². The lowest BCUT2D eigenvalue weighted by atomic mass is 10.1. The SMILES string of the molecule is C/C(N)=C(\CCN(C)Cc1ccccc1)C(=O)O. The standard InChI is InChI=1S/C14H20N2O2/c1-11(15)13(14(17)18)8-9-16(2)10-12-6-4-3-5-7-12/h3-7H,8-10,15H2,1-2H3,(H,17,18)/b13-11-. The van der Waals surface area contributed by atoms with E-state index < -0.39 is 5.97 Å². The number of hydrogen-bond donors (Lipinski definition) is 2. The van der Waals surface area contributed by atoms with Gasteiger partial charge >= 0.3 is 5.97 Å². The van der Waals surface area contributed by atoms with E-state index in [2.05, 4.69) is 17.0 Å². The zero-order valence-electron chi connectivity index (χ0n) is 10.9. The van der Waals surface area contributed by atoms with Crippen LogP contribution in [-0.4, -0.2) is 29.6 Å². The van der Waals surface area contributed by atoms with Gasteiger partial charge in [-0.1, -0.05) is 30.3 Å². The molecule has 0 amide bonds. The molecule has 0 heterocycles. The predicted molar refractivity (Wildman–Crippen MR) is 71.9 cm³/mol. The van der Waals surface area contributed by atoms with Gasteiger partial charge in [0.2, 0.25) is 0 Å². The average molecular weight is 248 g/mol. The molecule has 18 heavy (non-hydrogen) atoms. The molecule has 3 N–H and O–H groups in total. The van der Waals surface area contributed by atoms with Gasteiger partial charge in [0.15, 0.2) is 0 Å². The summed E-state index contributed by atoms with van der Waals surface area (Å²) in [6, 6.07) is 10.1. The maximum Gasteiger partial charge on any atom is 0.333 e. The van der Waals surface area contributed by atoms with Gasteiger partial charge in [-0.05, 0) is 26.0 Å². The van der Waals surface area contributed by atoms with Crippen LogP contribution < -0.4 is 5.73 Å². The van der Waals surface area contributed by atoms with Gasteiger partial charge in [0.05, 0.1) is 5.57 Å². The molecular formula is C14H20N2O2. The molecule has 1 aromatic rings. The van der Waals surface area contributed by atoms with E-state index in [1.54, 1.807) is 6.92 Å². The highest BCUT2D eigenvalue weighted by atomic mass is 16.4. The van der Waals surface area contributed by atoms with Crippen LogP contribution in [0.5, 0.6) is 0 Å². The van der Waals surface area contributed by atoms with Gasteiger partial charge in [-0.2, -0.15) is 0 Å². The van der Waals surface area contributed by atoms with E-state index in [1.807, 2.05) is 25.2 Å². The molecule has 0 spiro atoms. The maximum absolute atomic E-state index is 11.0. The van der Waals surface area contributed by atoms with Gasteiger partial charge in [-0.15, -0.1) is 0 Å². The van der Waals surface area contributed by atoms with Crippen molar-refractivity contribution in [2.45, 2.75) is 19.9 Å². The number of carboxylic acid groups (broad SMARTS) is 1. The highest BCUT2D eigenvalue weighted by Crippen LogP contribution is 2.08. The third-order valence-corrected chi connectivity index (χ3v) is 2.77. The quantitative estimate of drug-likeness (QED) is 0.754. The number of hydrogen-bond acceptors (Lipinski definition) is 3. The van der Waals surface area contributed by atoms with Gasteiger partial charge in [-0.25, -0.2) is 4.79 Å². The van der Waals surface area contributed by atoms with Crippen molar-refractivity contribution in [1.29, 1.82) is 0 Å². The molecule has 1 aromatic carbocycles. The molecule has 0 saturated heterocycles. The fourth-order valence-corrected chi connectivity index (χ4v) is 1.75. The van der Waals surface area contributed by atoms with Crippen molar-refractivity contribution in [2.75, 3.05) is 13.6 Å². The molecular weight excluding hydrogens is 228 g/mol. The summed E-state index contributed by atoms with van der Waals surface area (Å²) in [6.45, 7) is 3.10. The number of rotatable bonds is 6. The fourth-order valence-electron chi connectivity index (χ4n) is 1.75. The van der Waals surface area contributed by atoms with Crippen LogP contribution in [0.1, 0.15) is 18.9 Å². The van der Waals surface area contributed by atoms with Crippen LogP contribution in [0, 0.1) is 0 Å². The Morgan fingerprint density at radius 1 is 1.33 bits per heavy atom. The predicted octanol–water partition coefficient (Wildman–Crippen LogP) is 1.83. The molecule has 0 aliphatic rings. The summed E-state index contributed by atoms with van der Waals surface area (Å²) >= 11 is 0. The van der Waals surface area contributed by atoms with Crippen molar-refractivity contribution < 1.29 is 9.90 Å². The second-order valence-corrected chi connectivity index (χ2v) is 4.44. The Labute approximate surface area is 108 Å². The maximum atomic E-state index is 11.0. The zero-order valence-corrected chi connectivity index (χ0v) is 10.9. The molecule has 0 aliphatic heterocycles. The van der Waals surface area contributed by atoms with Gasteiger partial charge in [-0.3, -0.25) is 0 Å². The number of carbonyl (C=O) groups is 1. The van der Waals surface area contributed by atoms with E-state index >= 15 is 0 Å². The lowest BCUT2D eigenvalue weighted by molar-refractivity contribution is -0.132. The van der Waals surface area contributed by atoms with Crippen LogP contribution in [0.15, 0.2) is 41.6 Å². The Morgan fingerprint density at radius 2 is 1.94 bits per heavy atom. The first-order valence-electron chi connectivity index (χ1n) is 5.91. The molecule has 98 valence electrons. The first kappa shape index (κ1) is 14.3. The van der Waals surface area contributed by atoms with Gasteiger partial charge < -0.3 is 15.7 Å². The third-order valence-electron chi connectivity index (χ3n) is 2.77. The molecule has 1 rings (SSSR count). The van der Waals surface area contributed by atoms with E-state index in [1.165, 1.54) is 5.56 Å². The largest absolute Gasteiger partial charge is 0.478 e. The van der Waals surface area contributed by atoms with Crippen molar-refractivity contribution in [1.82, 2.24) is 4.90 Å². The van der Waals surface area contributed by atoms with E-state index in [-0.39, 0.29) is 0 Å². The van der Waals surface area contributed by atoms with E-state index in [0.29, 0.717) is 24.2 Å². The normalized spacial score (nSPS) is 12.4. The van der Waals surface area contributed by atoms with Crippen LogP contribution in [0.3, 0.4) is 0 Å². The number of aliphatic carboxylic acids is 1. The number of nitrogens with zero attached hydrogens (tertiary/aromatic N) is 1. The van der Waals surface area contributed by atoms with Crippen LogP contribution in [0.4, 0.5) is 0 Å². The molecule has 0 aromatic heterocycles. The van der Waals surface area contributed by atoms with Crippen LogP contribution in [0.25, 0.3) is 0 Å². The van der Waals surface area contributed by atoms with Crippen molar-refractivity contribution in [3.8, 4) is 0 Å². The number of allylic oxidation sites excluding steroid dienone is 1. The summed E-state index contributed by atoms with van der Waals surface area (Å²) in [7, 11) is 1.97. The second-order valence-electron chi connectivity index (χ2n) is 4.44. The first-order chi connectivity index (χ1) is 8.50. The Morgan fingerprint density at radius 3 is 2.44 bits per heavy atom. The zero-order chi connectivity index (χ0) is 13.5. The molecule has 4 heteroatoms. The van der Waals surface area contributed by atoms with Crippen molar-refractivity contribution >= 4 is 5.97 Å². The molecule has 0 atom stereocenters. The summed E-state index contributed by atoms with van der Waals surface area (Å²) in [6.07, 6.45) is 0.459. The Bertz CT molecular complexity index is 423. The van der Waals surface area contributed by atoms with Gasteiger partial charge in [0.1, 0.15) is 0 Å². The summed E-state index contributed by atoms with van der Waals surface area (Å²) in [5.74, 6) is -0.928. The molecule has 0 radical (unpaired) electrons. The number of benzene rings is 1. The minimum absolute atomic E-state index is 0.301. The summed E-state index contributed by atoms with van der Waals surface area (Å²) in [5, 5.41) is 8.99. The molecule has 0 saturated carbocycles. The first-order valence-corrected chi connectivity index (χ1v) is 5.91. The van der Waals surface area contributed by atoms with Gasteiger partial charge in [0.25, 0.3) is 0 Å². The Balaban J connectivity index is 2.49. The molecule has 0 unspecified atom stereocenters. The molecule has 0 bridgehead atoms. The summed E-state index contributed by atoms with van der Waals surface area (Å²) in [4.78, 5) is 13.0. The number of nitrogens with two attached hydrogens (primary N) is 1. The minimum Gasteiger partial charge on any atom is -0.478 e. The monoisotopic (exact) mass is 248 g/mol. The fraction of sp³-hybridized carbons (Fsp3) is 0.357. The molecule has 0 fully saturated rings. The van der Waals surface area contributed by atoms with Crippen molar-refractivity contribution in [3.63, 3.8) is 0 Å². The molecule has 4 nitrogen and oxygen atoms in total. The van der Waals surface area contributed by atoms with E-state index in [0.717, 1.165) is 6.54 Å². The smallest absolute Gasteiger partial charge is 0.333 e. The molecule has 0 aliphatic carbocycles. The Kier molecular flexibility index (Phi) is 5.39. The number of carboxylic acids is 1.